The van der Waals surface area contributed by atoms with Crippen LogP contribution in [0.25, 0.3) is 39.8 Å². The van der Waals surface area contributed by atoms with Gasteiger partial charge >= 0.3 is 0 Å². The van der Waals surface area contributed by atoms with Crippen molar-refractivity contribution < 1.29 is 0 Å². The number of imidazole rings is 1. The number of pyridine rings is 1. The van der Waals surface area contributed by atoms with Crippen LogP contribution in [0.4, 0.5) is 0 Å². The number of aryl methyl sites for hydroxylation is 2. The minimum absolute atomic E-state index is 1.04. The Kier molecular flexibility index (Phi) is 3.54. The van der Waals surface area contributed by atoms with E-state index in [2.05, 4.69) is 79.4 Å². The van der Waals surface area contributed by atoms with Gasteiger partial charge in [0.05, 0.1) is 5.52 Å². The Morgan fingerprint density at radius 3 is 2.63 bits per heavy atom. The SMILES string of the molecule is C=C(C)/C=c1\c(=C/C)c2ncc3n2c2c(cc(-c4ccccc4)cc12)CC3. The molecule has 1 aliphatic heterocycles. The molecule has 0 saturated carbocycles. The smallest absolute Gasteiger partial charge is 0.145 e. The van der Waals surface area contributed by atoms with Gasteiger partial charge in [0.1, 0.15) is 5.65 Å². The van der Waals surface area contributed by atoms with Gasteiger partial charge in [-0.05, 0) is 60.7 Å². The van der Waals surface area contributed by atoms with Crippen molar-refractivity contribution in [2.24, 2.45) is 0 Å². The lowest BCUT2D eigenvalue weighted by Gasteiger charge is -2.19. The number of nitrogens with zero attached hydrogens (tertiary/aromatic N) is 2. The van der Waals surface area contributed by atoms with Crippen LogP contribution < -0.4 is 10.4 Å². The summed E-state index contributed by atoms with van der Waals surface area (Å²) in [5.41, 5.74) is 8.66. The van der Waals surface area contributed by atoms with Crippen LogP contribution in [0.3, 0.4) is 0 Å². The molecule has 27 heavy (non-hydrogen) atoms. The van der Waals surface area contributed by atoms with Crippen molar-refractivity contribution >= 4 is 28.7 Å². The Bertz CT molecular complexity index is 1340. The summed E-state index contributed by atoms with van der Waals surface area (Å²) in [6, 6.07) is 15.4. The summed E-state index contributed by atoms with van der Waals surface area (Å²) in [6.45, 7) is 8.29. The van der Waals surface area contributed by atoms with E-state index in [1.54, 1.807) is 0 Å². The fourth-order valence-electron chi connectivity index (χ4n) is 4.37. The largest absolute Gasteiger partial charge is 0.296 e. The highest BCUT2D eigenvalue weighted by atomic mass is 15.0. The van der Waals surface area contributed by atoms with Crippen molar-refractivity contribution in [1.82, 2.24) is 9.38 Å². The monoisotopic (exact) mass is 350 g/mol. The predicted molar refractivity (Wildman–Crippen MR) is 114 cm³/mol. The number of rotatable bonds is 2. The van der Waals surface area contributed by atoms with Crippen LogP contribution >= 0.6 is 0 Å². The maximum absolute atomic E-state index is 4.77. The van der Waals surface area contributed by atoms with Crippen molar-refractivity contribution in [3.8, 4) is 11.1 Å². The summed E-state index contributed by atoms with van der Waals surface area (Å²) in [5, 5.41) is 3.70. The molecule has 0 amide bonds. The molecule has 132 valence electrons. The van der Waals surface area contributed by atoms with Crippen molar-refractivity contribution in [3.63, 3.8) is 0 Å². The van der Waals surface area contributed by atoms with Crippen LogP contribution in [-0.4, -0.2) is 9.38 Å². The summed E-state index contributed by atoms with van der Waals surface area (Å²) >= 11 is 0. The Morgan fingerprint density at radius 1 is 1.07 bits per heavy atom. The van der Waals surface area contributed by atoms with Gasteiger partial charge in [0.15, 0.2) is 0 Å². The second kappa shape index (κ2) is 5.95. The molecule has 0 spiro atoms. The van der Waals surface area contributed by atoms with Gasteiger partial charge in [-0.15, -0.1) is 0 Å². The predicted octanol–water partition coefficient (Wildman–Crippen LogP) is 4.41. The molecule has 0 fully saturated rings. The first-order chi connectivity index (χ1) is 13.2. The highest BCUT2D eigenvalue weighted by Crippen LogP contribution is 2.30. The summed E-state index contributed by atoms with van der Waals surface area (Å²) in [4.78, 5) is 4.77. The highest BCUT2D eigenvalue weighted by Gasteiger charge is 2.19. The standard InChI is InChI=1S/C25H22N2/c1-4-21-22(12-16(2)3)23-14-19(17-8-6-5-7-9-17)13-18-10-11-20-15-26-25(21)27(20)24(18)23/h4-9,12-15H,2,10-11H2,1,3H3/b21-4+,22-12+. The van der Waals surface area contributed by atoms with Crippen molar-refractivity contribution in [2.45, 2.75) is 26.7 Å². The Hall–Kier alpha value is -3.13. The minimum Gasteiger partial charge on any atom is -0.296 e. The van der Waals surface area contributed by atoms with Gasteiger partial charge in [0, 0.05) is 22.5 Å². The zero-order valence-corrected chi connectivity index (χ0v) is 15.8. The normalized spacial score (nSPS) is 14.6. The molecule has 0 unspecified atom stereocenters. The third-order valence-corrected chi connectivity index (χ3v) is 5.51. The van der Waals surface area contributed by atoms with Gasteiger partial charge in [0.2, 0.25) is 0 Å². The van der Waals surface area contributed by atoms with Crippen LogP contribution in [0, 0.1) is 0 Å². The zero-order valence-electron chi connectivity index (χ0n) is 15.8. The van der Waals surface area contributed by atoms with Gasteiger partial charge in [-0.2, -0.15) is 0 Å². The molecular weight excluding hydrogens is 328 g/mol. The molecule has 0 bridgehead atoms. The molecule has 2 nitrogen and oxygen atoms in total. The molecule has 4 aromatic rings. The Morgan fingerprint density at radius 2 is 1.89 bits per heavy atom. The van der Waals surface area contributed by atoms with Gasteiger partial charge in [0.25, 0.3) is 0 Å². The molecule has 0 N–H and O–H groups in total. The van der Waals surface area contributed by atoms with E-state index < -0.39 is 0 Å². The summed E-state index contributed by atoms with van der Waals surface area (Å²) in [6.07, 6.45) is 8.51. The van der Waals surface area contributed by atoms with Crippen LogP contribution in [0.5, 0.6) is 0 Å². The molecule has 2 heteroatoms. The van der Waals surface area contributed by atoms with Crippen molar-refractivity contribution in [2.75, 3.05) is 0 Å². The molecule has 0 saturated heterocycles. The third-order valence-electron chi connectivity index (χ3n) is 5.51. The Labute approximate surface area is 158 Å². The quantitative estimate of drug-likeness (QED) is 0.523. The molecule has 1 aliphatic rings. The summed E-state index contributed by atoms with van der Waals surface area (Å²) in [5.74, 6) is 0. The average molecular weight is 350 g/mol. The third kappa shape index (κ3) is 2.37. The van der Waals surface area contributed by atoms with E-state index in [0.29, 0.717) is 0 Å². The van der Waals surface area contributed by atoms with Gasteiger partial charge in [-0.3, -0.25) is 4.40 Å². The van der Waals surface area contributed by atoms with Gasteiger partial charge < -0.3 is 0 Å². The molecule has 0 atom stereocenters. The molecular formula is C25H22N2. The van der Waals surface area contributed by atoms with Crippen molar-refractivity contribution in [3.05, 3.63) is 82.5 Å². The van der Waals surface area contributed by atoms with E-state index in [1.165, 1.54) is 43.7 Å². The number of benzene rings is 2. The lowest BCUT2D eigenvalue weighted by Crippen LogP contribution is -2.30. The van der Waals surface area contributed by atoms with E-state index in [9.17, 15) is 0 Å². The molecule has 2 aromatic carbocycles. The van der Waals surface area contributed by atoms with Gasteiger partial charge in [-0.25, -0.2) is 4.98 Å². The highest BCUT2D eigenvalue weighted by molar-refractivity contribution is 5.92. The average Bonchev–Trinajstić information content (AvgIpc) is 3.12. The van der Waals surface area contributed by atoms with E-state index in [0.717, 1.165) is 24.1 Å². The lowest BCUT2D eigenvalue weighted by molar-refractivity contribution is 0.874. The number of aromatic nitrogens is 2. The first-order valence-electron chi connectivity index (χ1n) is 9.51. The summed E-state index contributed by atoms with van der Waals surface area (Å²) in [7, 11) is 0. The van der Waals surface area contributed by atoms with Crippen molar-refractivity contribution in [1.29, 1.82) is 0 Å². The second-order valence-corrected chi connectivity index (χ2v) is 7.41. The lowest BCUT2D eigenvalue weighted by atomic mass is 9.93. The minimum atomic E-state index is 1.04. The maximum Gasteiger partial charge on any atom is 0.145 e. The van der Waals surface area contributed by atoms with E-state index in [-0.39, 0.29) is 0 Å². The van der Waals surface area contributed by atoms with E-state index in [4.69, 9.17) is 4.98 Å². The number of allylic oxidation sites excluding steroid dienone is 1. The molecule has 0 radical (unpaired) electrons. The van der Waals surface area contributed by atoms with Crippen LogP contribution in [0.1, 0.15) is 25.1 Å². The van der Waals surface area contributed by atoms with Crippen LogP contribution in [0.15, 0.2) is 60.8 Å². The van der Waals surface area contributed by atoms with Crippen LogP contribution in [-0.2, 0) is 12.8 Å². The molecule has 5 rings (SSSR count). The fourth-order valence-corrected chi connectivity index (χ4v) is 4.37. The van der Waals surface area contributed by atoms with E-state index >= 15 is 0 Å². The maximum atomic E-state index is 4.77. The first kappa shape index (κ1) is 16.1. The zero-order chi connectivity index (χ0) is 18.5. The second-order valence-electron chi connectivity index (χ2n) is 7.41. The topological polar surface area (TPSA) is 17.3 Å². The fraction of sp³-hybridized carbons (Fsp3) is 0.160. The number of hydrogen-bond donors (Lipinski definition) is 0. The Balaban J connectivity index is 2.05. The molecule has 0 aliphatic carbocycles. The molecule has 3 heterocycles. The summed E-state index contributed by atoms with van der Waals surface area (Å²) < 4.78 is 2.37. The van der Waals surface area contributed by atoms with Gasteiger partial charge in [-0.1, -0.05) is 54.6 Å². The number of hydrogen-bond acceptors (Lipinski definition) is 1. The first-order valence-corrected chi connectivity index (χ1v) is 9.51. The van der Waals surface area contributed by atoms with Crippen LogP contribution in [0.2, 0.25) is 0 Å². The molecule has 2 aromatic heterocycles. The van der Waals surface area contributed by atoms with E-state index in [1.807, 2.05) is 6.20 Å².